The molecule has 0 amide bonds. The number of rotatable bonds is 6. The first-order valence-electron chi connectivity index (χ1n) is 10.5. The Morgan fingerprint density at radius 2 is 2.09 bits per heavy atom. The van der Waals surface area contributed by atoms with E-state index in [1.54, 1.807) is 36.6 Å². The molecule has 0 spiro atoms. The van der Waals surface area contributed by atoms with E-state index in [0.29, 0.717) is 41.2 Å². The summed E-state index contributed by atoms with van der Waals surface area (Å²) in [6.45, 7) is 5.04. The monoisotopic (exact) mass is 624 g/mol. The maximum atomic E-state index is 13.6. The van der Waals surface area contributed by atoms with Crippen LogP contribution in [0.15, 0.2) is 50.7 Å². The fraction of sp³-hybridized carbons (Fsp3) is 0.250. The Hall–Kier alpha value is -2.77. The molecule has 35 heavy (non-hydrogen) atoms. The number of aromatic nitrogens is 1. The number of benzene rings is 1. The van der Waals surface area contributed by atoms with E-state index in [2.05, 4.69) is 27.6 Å². The van der Waals surface area contributed by atoms with Crippen LogP contribution in [0.25, 0.3) is 6.08 Å². The number of carbonyl (C=O) groups excluding carboxylic acids is 2. The van der Waals surface area contributed by atoms with Crippen LogP contribution >= 0.6 is 45.3 Å². The lowest BCUT2D eigenvalue weighted by Crippen LogP contribution is -2.39. The molecule has 0 bridgehead atoms. The van der Waals surface area contributed by atoms with Gasteiger partial charge in [0.15, 0.2) is 16.3 Å². The molecule has 0 radical (unpaired) electrons. The van der Waals surface area contributed by atoms with Crippen molar-refractivity contribution in [3.63, 3.8) is 0 Å². The van der Waals surface area contributed by atoms with Gasteiger partial charge in [-0.3, -0.25) is 14.2 Å². The van der Waals surface area contributed by atoms with Gasteiger partial charge in [-0.2, -0.15) is 0 Å². The summed E-state index contributed by atoms with van der Waals surface area (Å²) < 4.78 is 18.6. The fourth-order valence-electron chi connectivity index (χ4n) is 3.72. The number of hydrogen-bond acceptors (Lipinski definition) is 9. The standard InChI is InChI=1S/C24H21IN2O6S2/c1-5-32-23(30)19-12(2)26-24-27(20(19)17-7-6-8-34-17)22(29)18(35-24)11-14-9-15(25)21(33-13(3)28)16(10-14)31-4/h6-11,20H,5H2,1-4H3/b18-11-/t20-/m1/s1. The van der Waals surface area contributed by atoms with Gasteiger partial charge in [-0.05, 0) is 71.7 Å². The van der Waals surface area contributed by atoms with Gasteiger partial charge in [-0.15, -0.1) is 11.3 Å². The van der Waals surface area contributed by atoms with Gasteiger partial charge in [0.25, 0.3) is 5.56 Å². The first-order chi connectivity index (χ1) is 16.7. The van der Waals surface area contributed by atoms with Crippen LogP contribution in [0.4, 0.5) is 0 Å². The number of thiazole rings is 1. The number of nitrogens with zero attached hydrogens (tertiary/aromatic N) is 2. The zero-order chi connectivity index (χ0) is 25.3. The van der Waals surface area contributed by atoms with Crippen LogP contribution in [0, 0.1) is 3.57 Å². The lowest BCUT2D eigenvalue weighted by atomic mass is 10.0. The number of halogens is 1. The molecule has 2 aromatic heterocycles. The van der Waals surface area contributed by atoms with Crippen molar-refractivity contribution in [3.05, 3.63) is 74.6 Å². The number of methoxy groups -OCH3 is 1. The van der Waals surface area contributed by atoms with E-state index in [-0.39, 0.29) is 12.2 Å². The lowest BCUT2D eigenvalue weighted by Gasteiger charge is -2.23. The van der Waals surface area contributed by atoms with Crippen molar-refractivity contribution in [3.8, 4) is 11.5 Å². The minimum absolute atomic E-state index is 0.223. The maximum absolute atomic E-state index is 13.6. The Bertz CT molecular complexity index is 1520. The highest BCUT2D eigenvalue weighted by atomic mass is 127. The molecule has 0 aliphatic carbocycles. The predicted octanol–water partition coefficient (Wildman–Crippen LogP) is 3.40. The first kappa shape index (κ1) is 25.3. The van der Waals surface area contributed by atoms with Crippen LogP contribution in [0.1, 0.15) is 37.3 Å². The normalized spacial score (nSPS) is 15.5. The van der Waals surface area contributed by atoms with Gasteiger partial charge in [-0.1, -0.05) is 17.4 Å². The number of esters is 2. The molecule has 182 valence electrons. The SMILES string of the molecule is CCOC(=O)C1=C(C)N=c2s/c(=C\c3cc(I)c(OC(C)=O)c(OC)c3)c(=O)n2[C@@H]1c1cccs1. The van der Waals surface area contributed by atoms with Crippen molar-refractivity contribution in [2.45, 2.75) is 26.8 Å². The van der Waals surface area contributed by atoms with Crippen LogP contribution < -0.4 is 24.4 Å². The highest BCUT2D eigenvalue weighted by Crippen LogP contribution is 2.35. The Balaban J connectivity index is 1.89. The molecule has 1 aliphatic heterocycles. The predicted molar refractivity (Wildman–Crippen MR) is 142 cm³/mol. The molecule has 3 aromatic rings. The molecule has 3 heterocycles. The molecule has 1 aliphatic rings. The van der Waals surface area contributed by atoms with Crippen LogP contribution in [0.2, 0.25) is 0 Å². The molecule has 0 saturated carbocycles. The molecular formula is C24H21IN2O6S2. The van der Waals surface area contributed by atoms with Crippen molar-refractivity contribution in [1.29, 1.82) is 0 Å². The largest absolute Gasteiger partial charge is 0.493 e. The van der Waals surface area contributed by atoms with E-state index in [0.717, 1.165) is 4.88 Å². The zero-order valence-electron chi connectivity index (χ0n) is 19.3. The highest BCUT2D eigenvalue weighted by Gasteiger charge is 2.33. The smallest absolute Gasteiger partial charge is 0.338 e. The Morgan fingerprint density at radius 1 is 1.31 bits per heavy atom. The van der Waals surface area contributed by atoms with Crippen molar-refractivity contribution in [2.24, 2.45) is 4.99 Å². The maximum Gasteiger partial charge on any atom is 0.338 e. The number of hydrogen-bond donors (Lipinski definition) is 0. The summed E-state index contributed by atoms with van der Waals surface area (Å²) in [4.78, 5) is 43.8. The van der Waals surface area contributed by atoms with Crippen LogP contribution in [-0.2, 0) is 14.3 Å². The number of carbonyl (C=O) groups is 2. The zero-order valence-corrected chi connectivity index (χ0v) is 23.1. The summed E-state index contributed by atoms with van der Waals surface area (Å²) in [5.74, 6) is -0.236. The van der Waals surface area contributed by atoms with E-state index < -0.39 is 18.0 Å². The first-order valence-corrected chi connectivity index (χ1v) is 13.3. The average molecular weight is 624 g/mol. The van der Waals surface area contributed by atoms with Crippen molar-refractivity contribution in [1.82, 2.24) is 4.57 Å². The summed E-state index contributed by atoms with van der Waals surface area (Å²) in [7, 11) is 1.48. The minimum atomic E-state index is -0.617. The number of ether oxygens (including phenoxy) is 3. The van der Waals surface area contributed by atoms with Crippen LogP contribution in [-0.4, -0.2) is 30.2 Å². The summed E-state index contributed by atoms with van der Waals surface area (Å²) in [6, 6.07) is 6.66. The topological polar surface area (TPSA) is 96.2 Å². The third kappa shape index (κ3) is 4.98. The highest BCUT2D eigenvalue weighted by molar-refractivity contribution is 14.1. The molecule has 4 rings (SSSR count). The fourth-order valence-corrected chi connectivity index (χ4v) is 6.33. The average Bonchev–Trinajstić information content (AvgIpc) is 3.43. The third-order valence-corrected chi connectivity index (χ3v) is 7.83. The van der Waals surface area contributed by atoms with E-state index >= 15 is 0 Å². The van der Waals surface area contributed by atoms with Crippen molar-refractivity contribution < 1.29 is 23.8 Å². The molecule has 1 atom stereocenters. The third-order valence-electron chi connectivity index (χ3n) is 5.13. The van der Waals surface area contributed by atoms with E-state index in [4.69, 9.17) is 14.2 Å². The van der Waals surface area contributed by atoms with Gasteiger partial charge in [0, 0.05) is 11.8 Å². The molecule has 0 saturated heterocycles. The van der Waals surface area contributed by atoms with E-state index in [1.165, 1.54) is 36.7 Å². The van der Waals surface area contributed by atoms with E-state index in [9.17, 15) is 14.4 Å². The lowest BCUT2D eigenvalue weighted by molar-refractivity contribution is -0.139. The van der Waals surface area contributed by atoms with Crippen molar-refractivity contribution >= 4 is 63.3 Å². The second kappa shape index (κ2) is 10.5. The van der Waals surface area contributed by atoms with Crippen molar-refractivity contribution in [2.75, 3.05) is 13.7 Å². The molecular weight excluding hydrogens is 603 g/mol. The Labute approximate surface area is 222 Å². The van der Waals surface area contributed by atoms with Crippen LogP contribution in [0.5, 0.6) is 11.5 Å². The molecule has 1 aromatic carbocycles. The molecule has 0 N–H and O–H groups in total. The number of thiophene rings is 1. The molecule has 0 fully saturated rings. The molecule has 11 heteroatoms. The van der Waals surface area contributed by atoms with Gasteiger partial charge in [0.05, 0.1) is 33.1 Å². The number of fused-ring (bicyclic) bond motifs is 1. The quantitative estimate of drug-likeness (QED) is 0.237. The molecule has 0 unspecified atom stereocenters. The molecule has 8 nitrogen and oxygen atoms in total. The van der Waals surface area contributed by atoms with Gasteiger partial charge >= 0.3 is 11.9 Å². The minimum Gasteiger partial charge on any atom is -0.493 e. The summed E-state index contributed by atoms with van der Waals surface area (Å²) >= 11 is 4.76. The second-order valence-corrected chi connectivity index (χ2v) is 10.6. The van der Waals surface area contributed by atoms with Gasteiger partial charge in [0.2, 0.25) is 0 Å². The van der Waals surface area contributed by atoms with E-state index in [1.807, 2.05) is 17.5 Å². The summed E-state index contributed by atoms with van der Waals surface area (Å²) in [6.07, 6.45) is 1.74. The van der Waals surface area contributed by atoms with Gasteiger partial charge < -0.3 is 14.2 Å². The number of allylic oxidation sites excluding steroid dienone is 1. The Kier molecular flexibility index (Phi) is 7.57. The summed E-state index contributed by atoms with van der Waals surface area (Å²) in [5, 5.41) is 1.90. The Morgan fingerprint density at radius 3 is 2.71 bits per heavy atom. The second-order valence-electron chi connectivity index (χ2n) is 7.45. The summed E-state index contributed by atoms with van der Waals surface area (Å²) in [5.41, 5.74) is 1.31. The van der Waals surface area contributed by atoms with Crippen LogP contribution in [0.3, 0.4) is 0 Å². The van der Waals surface area contributed by atoms with Gasteiger partial charge in [0.1, 0.15) is 6.04 Å². The van der Waals surface area contributed by atoms with Gasteiger partial charge in [-0.25, -0.2) is 9.79 Å².